The molecule has 0 saturated heterocycles. The molecular formula is C16H13FN2O2S2. The zero-order chi connectivity index (χ0) is 16.3. The van der Waals surface area contributed by atoms with Crippen molar-refractivity contribution in [3.63, 3.8) is 0 Å². The van der Waals surface area contributed by atoms with Crippen LogP contribution in [0.3, 0.4) is 0 Å². The molecule has 3 aromatic rings. The van der Waals surface area contributed by atoms with E-state index < -0.39 is 10.0 Å². The zero-order valence-corrected chi connectivity index (χ0v) is 13.5. The summed E-state index contributed by atoms with van der Waals surface area (Å²) in [6, 6.07) is 16.1. The van der Waals surface area contributed by atoms with Gasteiger partial charge in [-0.1, -0.05) is 12.1 Å². The van der Waals surface area contributed by atoms with Crippen LogP contribution in [0.4, 0.5) is 21.5 Å². The monoisotopic (exact) mass is 348 g/mol. The normalized spacial score (nSPS) is 11.2. The highest BCUT2D eigenvalue weighted by molar-refractivity contribution is 7.94. The van der Waals surface area contributed by atoms with Crippen molar-refractivity contribution in [2.45, 2.75) is 4.21 Å². The first kappa shape index (κ1) is 15.5. The van der Waals surface area contributed by atoms with Crippen LogP contribution in [-0.4, -0.2) is 8.42 Å². The summed E-state index contributed by atoms with van der Waals surface area (Å²) in [7, 11) is -3.55. The molecule has 0 amide bonds. The third kappa shape index (κ3) is 3.88. The van der Waals surface area contributed by atoms with Crippen LogP contribution in [0.5, 0.6) is 0 Å². The Bertz CT molecular complexity index is 892. The van der Waals surface area contributed by atoms with Gasteiger partial charge in [0.05, 0.1) is 0 Å². The highest BCUT2D eigenvalue weighted by Crippen LogP contribution is 2.23. The van der Waals surface area contributed by atoms with Gasteiger partial charge < -0.3 is 5.32 Å². The Kier molecular flexibility index (Phi) is 4.31. The summed E-state index contributed by atoms with van der Waals surface area (Å²) in [5.41, 5.74) is 1.81. The molecule has 23 heavy (non-hydrogen) atoms. The van der Waals surface area contributed by atoms with Crippen LogP contribution in [0.25, 0.3) is 0 Å². The number of rotatable bonds is 5. The number of nitrogens with one attached hydrogen (secondary N) is 2. The van der Waals surface area contributed by atoms with Crippen molar-refractivity contribution in [1.82, 2.24) is 0 Å². The molecule has 1 heterocycles. The van der Waals surface area contributed by atoms with Gasteiger partial charge in [0.25, 0.3) is 10.0 Å². The van der Waals surface area contributed by atoms with Crippen molar-refractivity contribution in [1.29, 1.82) is 0 Å². The second kappa shape index (κ2) is 6.39. The average molecular weight is 348 g/mol. The van der Waals surface area contributed by atoms with Gasteiger partial charge in [-0.25, -0.2) is 12.8 Å². The maximum atomic E-state index is 13.1. The molecule has 7 heteroatoms. The Morgan fingerprint density at radius 3 is 2.26 bits per heavy atom. The Labute approximate surface area is 137 Å². The fraction of sp³-hybridized carbons (Fsp3) is 0. The number of hydrogen-bond acceptors (Lipinski definition) is 4. The summed E-state index contributed by atoms with van der Waals surface area (Å²) in [5, 5.41) is 4.76. The standard InChI is InChI=1S/C16H13FN2O2S2/c17-12-3-1-4-15(11-12)18-13-6-8-14(9-7-13)19-23(20,21)16-5-2-10-22-16/h1-11,18-19H. The van der Waals surface area contributed by atoms with E-state index in [1.165, 1.54) is 12.1 Å². The van der Waals surface area contributed by atoms with Crippen molar-refractivity contribution in [3.8, 4) is 0 Å². The smallest absolute Gasteiger partial charge is 0.271 e. The molecule has 0 radical (unpaired) electrons. The summed E-state index contributed by atoms with van der Waals surface area (Å²) >= 11 is 1.16. The molecule has 3 rings (SSSR count). The van der Waals surface area contributed by atoms with Gasteiger partial charge in [-0.3, -0.25) is 4.72 Å². The molecule has 0 aliphatic rings. The maximum absolute atomic E-state index is 13.1. The average Bonchev–Trinajstić information content (AvgIpc) is 3.04. The lowest BCUT2D eigenvalue weighted by atomic mass is 10.2. The van der Waals surface area contributed by atoms with Gasteiger partial charge in [0.2, 0.25) is 0 Å². The number of thiophene rings is 1. The zero-order valence-electron chi connectivity index (χ0n) is 11.9. The van der Waals surface area contributed by atoms with E-state index in [4.69, 9.17) is 0 Å². The van der Waals surface area contributed by atoms with Crippen molar-refractivity contribution in [2.75, 3.05) is 10.0 Å². The third-order valence-electron chi connectivity index (χ3n) is 3.01. The van der Waals surface area contributed by atoms with E-state index in [0.717, 1.165) is 17.0 Å². The SMILES string of the molecule is O=S(=O)(Nc1ccc(Nc2cccc(F)c2)cc1)c1cccs1. The molecular weight excluding hydrogens is 335 g/mol. The van der Waals surface area contributed by atoms with Gasteiger partial charge in [0.15, 0.2) is 0 Å². The molecule has 0 aliphatic carbocycles. The molecule has 1 aromatic heterocycles. The number of hydrogen-bond donors (Lipinski definition) is 2. The largest absolute Gasteiger partial charge is 0.355 e. The fourth-order valence-corrected chi connectivity index (χ4v) is 4.03. The van der Waals surface area contributed by atoms with Crippen LogP contribution in [0.1, 0.15) is 0 Å². The minimum absolute atomic E-state index is 0.263. The molecule has 0 atom stereocenters. The number of anilines is 3. The lowest BCUT2D eigenvalue weighted by Gasteiger charge is -2.09. The van der Waals surface area contributed by atoms with Gasteiger partial charge >= 0.3 is 0 Å². The van der Waals surface area contributed by atoms with Crippen LogP contribution in [-0.2, 0) is 10.0 Å². The van der Waals surface area contributed by atoms with E-state index in [2.05, 4.69) is 10.0 Å². The second-order valence-corrected chi connectivity index (χ2v) is 7.61. The third-order valence-corrected chi connectivity index (χ3v) is 5.79. The summed E-state index contributed by atoms with van der Waals surface area (Å²) in [4.78, 5) is 0. The molecule has 0 fully saturated rings. The molecule has 0 unspecified atom stereocenters. The topological polar surface area (TPSA) is 58.2 Å². The van der Waals surface area contributed by atoms with E-state index in [-0.39, 0.29) is 10.0 Å². The molecule has 118 valence electrons. The van der Waals surface area contributed by atoms with E-state index in [1.807, 2.05) is 0 Å². The van der Waals surface area contributed by atoms with Crippen LogP contribution >= 0.6 is 11.3 Å². The molecule has 0 saturated carbocycles. The van der Waals surface area contributed by atoms with E-state index in [1.54, 1.807) is 53.9 Å². The van der Waals surface area contributed by atoms with Crippen LogP contribution in [0, 0.1) is 5.82 Å². The minimum Gasteiger partial charge on any atom is -0.355 e. The summed E-state index contributed by atoms with van der Waals surface area (Å²) in [6.07, 6.45) is 0. The summed E-state index contributed by atoms with van der Waals surface area (Å²) in [5.74, 6) is -0.324. The van der Waals surface area contributed by atoms with Gasteiger partial charge in [0.1, 0.15) is 10.0 Å². The molecule has 0 bridgehead atoms. The number of sulfonamides is 1. The molecule has 0 aliphatic heterocycles. The van der Waals surface area contributed by atoms with Crippen molar-refractivity contribution >= 4 is 38.4 Å². The Morgan fingerprint density at radius 2 is 1.61 bits per heavy atom. The highest BCUT2D eigenvalue weighted by Gasteiger charge is 2.14. The highest BCUT2D eigenvalue weighted by atomic mass is 32.2. The van der Waals surface area contributed by atoms with Gasteiger partial charge in [0, 0.05) is 17.1 Å². The maximum Gasteiger partial charge on any atom is 0.271 e. The Hall–Kier alpha value is -2.38. The molecule has 4 nitrogen and oxygen atoms in total. The predicted molar refractivity (Wildman–Crippen MR) is 91.3 cm³/mol. The van der Waals surface area contributed by atoms with Gasteiger partial charge in [-0.05, 0) is 53.9 Å². The quantitative estimate of drug-likeness (QED) is 0.717. The number of halogens is 1. The predicted octanol–water partition coefficient (Wildman–Crippen LogP) is 4.43. The van der Waals surface area contributed by atoms with Gasteiger partial charge in [-0.2, -0.15) is 0 Å². The summed E-state index contributed by atoms with van der Waals surface area (Å²) < 4.78 is 40.2. The van der Waals surface area contributed by atoms with E-state index >= 15 is 0 Å². The van der Waals surface area contributed by atoms with Crippen molar-refractivity contribution in [3.05, 3.63) is 71.9 Å². The fourth-order valence-electron chi connectivity index (χ4n) is 1.98. The van der Waals surface area contributed by atoms with Crippen molar-refractivity contribution < 1.29 is 12.8 Å². The van der Waals surface area contributed by atoms with E-state index in [9.17, 15) is 12.8 Å². The molecule has 0 spiro atoms. The minimum atomic E-state index is -3.55. The van der Waals surface area contributed by atoms with Gasteiger partial charge in [-0.15, -0.1) is 11.3 Å². The van der Waals surface area contributed by atoms with Crippen LogP contribution < -0.4 is 10.0 Å². The summed E-state index contributed by atoms with van der Waals surface area (Å²) in [6.45, 7) is 0. The van der Waals surface area contributed by atoms with Crippen LogP contribution in [0.15, 0.2) is 70.3 Å². The molecule has 2 aromatic carbocycles. The Balaban J connectivity index is 1.72. The Morgan fingerprint density at radius 1 is 0.870 bits per heavy atom. The lowest BCUT2D eigenvalue weighted by Crippen LogP contribution is -2.11. The first-order chi connectivity index (χ1) is 11.0. The first-order valence-electron chi connectivity index (χ1n) is 6.72. The number of benzene rings is 2. The molecule has 2 N–H and O–H groups in total. The van der Waals surface area contributed by atoms with E-state index in [0.29, 0.717) is 11.4 Å². The van der Waals surface area contributed by atoms with Crippen molar-refractivity contribution in [2.24, 2.45) is 0 Å². The lowest BCUT2D eigenvalue weighted by molar-refractivity contribution is 0.603. The second-order valence-electron chi connectivity index (χ2n) is 4.75. The first-order valence-corrected chi connectivity index (χ1v) is 9.08. The van der Waals surface area contributed by atoms with Crippen LogP contribution in [0.2, 0.25) is 0 Å².